The van der Waals surface area contributed by atoms with Crippen molar-refractivity contribution < 1.29 is 23.0 Å². The van der Waals surface area contributed by atoms with Gasteiger partial charge in [-0.15, -0.1) is 13.2 Å². The minimum absolute atomic E-state index is 0.136. The van der Waals surface area contributed by atoms with E-state index in [0.29, 0.717) is 5.56 Å². The summed E-state index contributed by atoms with van der Waals surface area (Å²) in [5.41, 5.74) is 5.98. The molecule has 1 atom stereocenters. The third-order valence-corrected chi connectivity index (χ3v) is 2.27. The molecule has 7 heteroatoms. The molecular weight excluding hydrogens is 259 g/mol. The summed E-state index contributed by atoms with van der Waals surface area (Å²) in [6.45, 7) is -0.252. The average Bonchev–Trinajstić information content (AvgIpc) is 2.21. The van der Waals surface area contributed by atoms with Crippen LogP contribution in [0.5, 0.6) is 5.75 Å². The Morgan fingerprint density at radius 2 is 2.06 bits per heavy atom. The van der Waals surface area contributed by atoms with E-state index in [4.69, 9.17) is 22.4 Å². The molecule has 0 aliphatic rings. The van der Waals surface area contributed by atoms with Crippen LogP contribution in [0, 0.1) is 0 Å². The highest BCUT2D eigenvalue weighted by Gasteiger charge is 2.32. The van der Waals surface area contributed by atoms with Crippen LogP contribution in [0.15, 0.2) is 18.2 Å². The fraction of sp³-hybridized carbons (Fsp3) is 0.400. The Morgan fingerprint density at radius 3 is 2.59 bits per heavy atom. The largest absolute Gasteiger partial charge is 0.573 e. The van der Waals surface area contributed by atoms with Crippen molar-refractivity contribution in [2.45, 2.75) is 18.8 Å². The third kappa shape index (κ3) is 4.80. The first-order valence-electron chi connectivity index (χ1n) is 4.72. The number of ether oxygens (including phenoxy) is 1. The predicted octanol–water partition coefficient (Wildman–Crippen LogP) is 2.10. The van der Waals surface area contributed by atoms with Gasteiger partial charge in [-0.25, -0.2) is 0 Å². The van der Waals surface area contributed by atoms with Gasteiger partial charge in [-0.1, -0.05) is 17.7 Å². The van der Waals surface area contributed by atoms with E-state index in [0.717, 1.165) is 6.07 Å². The fourth-order valence-corrected chi connectivity index (χ4v) is 1.40. The number of hydrogen-bond acceptors (Lipinski definition) is 3. The van der Waals surface area contributed by atoms with Gasteiger partial charge in [0.2, 0.25) is 0 Å². The maximum Gasteiger partial charge on any atom is 0.573 e. The van der Waals surface area contributed by atoms with Gasteiger partial charge in [0, 0.05) is 6.04 Å². The van der Waals surface area contributed by atoms with Crippen LogP contribution in [-0.2, 0) is 6.42 Å². The van der Waals surface area contributed by atoms with E-state index in [2.05, 4.69) is 4.74 Å². The molecule has 1 rings (SSSR count). The SMILES string of the molecule is NC(CO)Cc1ccc(Cl)c(OC(F)(F)F)c1. The summed E-state index contributed by atoms with van der Waals surface area (Å²) in [6, 6.07) is 3.45. The molecule has 0 amide bonds. The Hall–Kier alpha value is -0.980. The van der Waals surface area contributed by atoms with Gasteiger partial charge >= 0.3 is 6.36 Å². The maximum atomic E-state index is 12.0. The molecule has 0 saturated carbocycles. The Bertz CT molecular complexity index is 384. The van der Waals surface area contributed by atoms with Crippen molar-refractivity contribution in [2.75, 3.05) is 6.61 Å². The molecule has 0 aromatic heterocycles. The molecule has 0 fully saturated rings. The minimum Gasteiger partial charge on any atom is -0.404 e. The number of halogens is 4. The fourth-order valence-electron chi connectivity index (χ4n) is 1.24. The first-order valence-corrected chi connectivity index (χ1v) is 5.10. The zero-order chi connectivity index (χ0) is 13.1. The molecule has 0 saturated heterocycles. The van der Waals surface area contributed by atoms with Crippen LogP contribution in [0.3, 0.4) is 0 Å². The summed E-state index contributed by atoms with van der Waals surface area (Å²) in [6.07, 6.45) is -4.55. The topological polar surface area (TPSA) is 55.5 Å². The van der Waals surface area contributed by atoms with Gasteiger partial charge in [0.25, 0.3) is 0 Å². The van der Waals surface area contributed by atoms with Crippen LogP contribution < -0.4 is 10.5 Å². The normalized spacial score (nSPS) is 13.5. The molecule has 1 unspecified atom stereocenters. The van der Waals surface area contributed by atoms with E-state index in [1.165, 1.54) is 12.1 Å². The highest BCUT2D eigenvalue weighted by Crippen LogP contribution is 2.31. The molecule has 3 nitrogen and oxygen atoms in total. The highest BCUT2D eigenvalue weighted by atomic mass is 35.5. The van der Waals surface area contributed by atoms with Crippen molar-refractivity contribution in [3.8, 4) is 5.75 Å². The van der Waals surface area contributed by atoms with Crippen LogP contribution in [0.4, 0.5) is 13.2 Å². The smallest absolute Gasteiger partial charge is 0.404 e. The first-order chi connectivity index (χ1) is 7.81. The van der Waals surface area contributed by atoms with Crippen molar-refractivity contribution in [3.63, 3.8) is 0 Å². The second-order valence-corrected chi connectivity index (χ2v) is 3.87. The van der Waals surface area contributed by atoms with Crippen LogP contribution in [0.1, 0.15) is 5.56 Å². The molecule has 1 aromatic carbocycles. The van der Waals surface area contributed by atoms with Crippen LogP contribution in [0.2, 0.25) is 5.02 Å². The van der Waals surface area contributed by atoms with Crippen LogP contribution >= 0.6 is 11.6 Å². The van der Waals surface area contributed by atoms with Crippen LogP contribution in [0.25, 0.3) is 0 Å². The van der Waals surface area contributed by atoms with Gasteiger partial charge in [0.15, 0.2) is 0 Å². The second kappa shape index (κ2) is 5.57. The minimum atomic E-state index is -4.79. The standard InChI is InChI=1S/C10H11ClF3NO2/c11-8-2-1-6(3-7(15)5-16)4-9(8)17-10(12,13)14/h1-2,4,7,16H,3,5,15H2. The van der Waals surface area contributed by atoms with Gasteiger partial charge < -0.3 is 15.6 Å². The second-order valence-electron chi connectivity index (χ2n) is 3.46. The van der Waals surface area contributed by atoms with E-state index in [1.807, 2.05) is 0 Å². The van der Waals surface area contributed by atoms with E-state index >= 15 is 0 Å². The predicted molar refractivity (Wildman–Crippen MR) is 56.9 cm³/mol. The molecule has 0 aliphatic carbocycles. The lowest BCUT2D eigenvalue weighted by atomic mass is 10.1. The summed E-state index contributed by atoms with van der Waals surface area (Å²) in [4.78, 5) is 0. The first kappa shape index (κ1) is 14.1. The van der Waals surface area contributed by atoms with Gasteiger partial charge in [-0.3, -0.25) is 0 Å². The third-order valence-electron chi connectivity index (χ3n) is 1.95. The molecule has 0 heterocycles. The molecule has 0 spiro atoms. The average molecular weight is 270 g/mol. The molecule has 3 N–H and O–H groups in total. The quantitative estimate of drug-likeness (QED) is 0.880. The molecule has 17 heavy (non-hydrogen) atoms. The van der Waals surface area contributed by atoms with E-state index < -0.39 is 18.2 Å². The van der Waals surface area contributed by atoms with Gasteiger partial charge in [0.1, 0.15) is 5.75 Å². The Morgan fingerprint density at radius 1 is 1.41 bits per heavy atom. The summed E-state index contributed by atoms with van der Waals surface area (Å²) in [5, 5.41) is 8.61. The van der Waals surface area contributed by atoms with Crippen molar-refractivity contribution in [2.24, 2.45) is 5.73 Å². The monoisotopic (exact) mass is 269 g/mol. The number of hydrogen-bond donors (Lipinski definition) is 2. The number of aliphatic hydroxyl groups is 1. The van der Waals surface area contributed by atoms with Crippen LogP contribution in [-0.4, -0.2) is 24.1 Å². The van der Waals surface area contributed by atoms with Crippen molar-refractivity contribution in [3.05, 3.63) is 28.8 Å². The molecule has 0 aliphatic heterocycles. The lowest BCUT2D eigenvalue weighted by Crippen LogP contribution is -2.26. The molecule has 0 bridgehead atoms. The lowest BCUT2D eigenvalue weighted by molar-refractivity contribution is -0.274. The van der Waals surface area contributed by atoms with Crippen molar-refractivity contribution in [1.29, 1.82) is 0 Å². The number of benzene rings is 1. The lowest BCUT2D eigenvalue weighted by Gasteiger charge is -2.13. The molecule has 0 radical (unpaired) electrons. The summed E-state index contributed by atoms with van der Waals surface area (Å²) >= 11 is 5.57. The van der Waals surface area contributed by atoms with Crippen molar-refractivity contribution in [1.82, 2.24) is 0 Å². The zero-order valence-corrected chi connectivity index (χ0v) is 9.42. The number of nitrogens with two attached hydrogens (primary N) is 1. The van der Waals surface area contributed by atoms with E-state index in [1.54, 1.807) is 0 Å². The Labute approximate surface area is 101 Å². The summed E-state index contributed by atoms with van der Waals surface area (Å²) < 4.78 is 39.9. The molecule has 96 valence electrons. The van der Waals surface area contributed by atoms with E-state index in [-0.39, 0.29) is 18.1 Å². The zero-order valence-electron chi connectivity index (χ0n) is 8.67. The van der Waals surface area contributed by atoms with Crippen molar-refractivity contribution >= 4 is 11.6 Å². The molecular formula is C10H11ClF3NO2. The van der Waals surface area contributed by atoms with E-state index in [9.17, 15) is 13.2 Å². The van der Waals surface area contributed by atoms with Gasteiger partial charge in [-0.05, 0) is 24.1 Å². The van der Waals surface area contributed by atoms with Gasteiger partial charge in [-0.2, -0.15) is 0 Å². The number of aliphatic hydroxyl groups excluding tert-OH is 1. The number of rotatable bonds is 4. The highest BCUT2D eigenvalue weighted by molar-refractivity contribution is 6.32. The van der Waals surface area contributed by atoms with Gasteiger partial charge in [0.05, 0.1) is 11.6 Å². The Kier molecular flexibility index (Phi) is 4.62. The summed E-state index contributed by atoms with van der Waals surface area (Å²) in [7, 11) is 0. The number of alkyl halides is 3. The molecule has 1 aromatic rings. The summed E-state index contributed by atoms with van der Waals surface area (Å²) in [5.74, 6) is -0.471. The Balaban J connectivity index is 2.87. The maximum absolute atomic E-state index is 12.0.